The SMILES string of the molecule is CC[C@H](C)[C@H](NC(=O)N1CCc2[nH]cnc2[C@@H]1c1cc(OC)cc(OC)c1)C(=O)OC. The topological polar surface area (TPSA) is 106 Å². The number of methoxy groups -OCH3 is 3. The fraction of sp³-hybridized carbons (Fsp3) is 0.500. The summed E-state index contributed by atoms with van der Waals surface area (Å²) in [6.07, 6.45) is 2.99. The molecule has 2 amide bonds. The maximum atomic E-state index is 13.4. The van der Waals surface area contributed by atoms with Crippen LogP contribution in [0.3, 0.4) is 0 Å². The minimum absolute atomic E-state index is 0.0718. The highest BCUT2D eigenvalue weighted by Gasteiger charge is 2.37. The first kappa shape index (κ1) is 22.5. The molecule has 0 fully saturated rings. The molecule has 0 saturated carbocycles. The van der Waals surface area contributed by atoms with Crippen molar-refractivity contribution in [2.45, 2.75) is 38.8 Å². The maximum Gasteiger partial charge on any atom is 0.328 e. The third-order valence-electron chi connectivity index (χ3n) is 5.82. The molecule has 9 heteroatoms. The fourth-order valence-electron chi connectivity index (χ4n) is 3.83. The Hall–Kier alpha value is -3.23. The number of H-pyrrole nitrogens is 1. The Balaban J connectivity index is 1.99. The molecule has 31 heavy (non-hydrogen) atoms. The molecule has 168 valence electrons. The van der Waals surface area contributed by atoms with Gasteiger partial charge in [0.15, 0.2) is 0 Å². The molecule has 1 aromatic heterocycles. The molecular formula is C22H30N4O5. The Morgan fingerprint density at radius 3 is 2.48 bits per heavy atom. The Morgan fingerprint density at radius 2 is 1.90 bits per heavy atom. The summed E-state index contributed by atoms with van der Waals surface area (Å²) in [7, 11) is 4.49. The molecule has 2 aromatic rings. The van der Waals surface area contributed by atoms with Crippen LogP contribution in [0, 0.1) is 5.92 Å². The molecule has 3 atom stereocenters. The number of nitrogens with one attached hydrogen (secondary N) is 2. The molecule has 2 N–H and O–H groups in total. The summed E-state index contributed by atoms with van der Waals surface area (Å²) in [6.45, 7) is 4.34. The Morgan fingerprint density at radius 1 is 1.23 bits per heavy atom. The van der Waals surface area contributed by atoms with Crippen LogP contribution in [-0.4, -0.2) is 60.8 Å². The van der Waals surface area contributed by atoms with Crippen LogP contribution in [0.5, 0.6) is 11.5 Å². The number of urea groups is 1. The predicted octanol–water partition coefficient (Wildman–Crippen LogP) is 2.67. The second-order valence-corrected chi connectivity index (χ2v) is 7.59. The predicted molar refractivity (Wildman–Crippen MR) is 114 cm³/mol. The van der Waals surface area contributed by atoms with Gasteiger partial charge in [-0.15, -0.1) is 0 Å². The van der Waals surface area contributed by atoms with E-state index in [1.54, 1.807) is 31.5 Å². The van der Waals surface area contributed by atoms with Gasteiger partial charge in [0.2, 0.25) is 0 Å². The minimum Gasteiger partial charge on any atom is -0.497 e. The number of esters is 1. The van der Waals surface area contributed by atoms with Crippen LogP contribution in [-0.2, 0) is 16.0 Å². The fourth-order valence-corrected chi connectivity index (χ4v) is 3.83. The molecule has 0 radical (unpaired) electrons. The molecule has 1 aliphatic rings. The third kappa shape index (κ3) is 4.60. The standard InChI is InChI=1S/C22H30N4O5/c1-6-13(2)18(21(27)31-5)25-22(28)26-8-7-17-19(24-12-23-17)20(26)14-9-15(29-3)11-16(10-14)30-4/h9-13,18,20H,6-8H2,1-5H3,(H,23,24)(H,25,28)/t13-,18-,20-/m0/s1. The molecule has 2 heterocycles. The highest BCUT2D eigenvalue weighted by Crippen LogP contribution is 2.37. The number of amides is 2. The van der Waals surface area contributed by atoms with Crippen LogP contribution in [0.15, 0.2) is 24.5 Å². The molecule has 0 bridgehead atoms. The van der Waals surface area contributed by atoms with Gasteiger partial charge in [0.05, 0.1) is 33.4 Å². The summed E-state index contributed by atoms with van der Waals surface area (Å²) in [5.74, 6) is 0.700. The van der Waals surface area contributed by atoms with Gasteiger partial charge in [0, 0.05) is 24.7 Å². The smallest absolute Gasteiger partial charge is 0.328 e. The van der Waals surface area contributed by atoms with Gasteiger partial charge in [-0.25, -0.2) is 14.6 Å². The van der Waals surface area contributed by atoms with E-state index in [9.17, 15) is 9.59 Å². The number of hydrogen-bond donors (Lipinski definition) is 2. The lowest BCUT2D eigenvalue weighted by Gasteiger charge is -2.36. The Labute approximate surface area is 182 Å². The number of rotatable bonds is 7. The zero-order valence-electron chi connectivity index (χ0n) is 18.6. The first-order chi connectivity index (χ1) is 14.9. The molecule has 0 saturated heterocycles. The summed E-state index contributed by atoms with van der Waals surface area (Å²) < 4.78 is 15.8. The molecule has 1 aromatic carbocycles. The van der Waals surface area contributed by atoms with Crippen molar-refractivity contribution >= 4 is 12.0 Å². The van der Waals surface area contributed by atoms with E-state index in [1.165, 1.54) is 7.11 Å². The molecule has 3 rings (SSSR count). The summed E-state index contributed by atoms with van der Waals surface area (Å²) in [5, 5.41) is 2.88. The average Bonchev–Trinajstić information content (AvgIpc) is 3.29. The van der Waals surface area contributed by atoms with Gasteiger partial charge in [-0.05, 0) is 23.6 Å². The van der Waals surface area contributed by atoms with Crippen molar-refractivity contribution in [1.82, 2.24) is 20.2 Å². The summed E-state index contributed by atoms with van der Waals surface area (Å²) >= 11 is 0. The molecule has 9 nitrogen and oxygen atoms in total. The van der Waals surface area contributed by atoms with Gasteiger partial charge < -0.3 is 29.4 Å². The van der Waals surface area contributed by atoms with Crippen LogP contribution in [0.1, 0.15) is 43.3 Å². The number of nitrogens with zero attached hydrogens (tertiary/aromatic N) is 2. The van der Waals surface area contributed by atoms with E-state index in [0.29, 0.717) is 24.5 Å². The van der Waals surface area contributed by atoms with E-state index in [4.69, 9.17) is 14.2 Å². The quantitative estimate of drug-likeness (QED) is 0.654. The minimum atomic E-state index is -0.733. The number of hydrogen-bond acceptors (Lipinski definition) is 6. The van der Waals surface area contributed by atoms with E-state index in [0.717, 1.165) is 23.4 Å². The Bertz CT molecular complexity index is 906. The van der Waals surface area contributed by atoms with Crippen molar-refractivity contribution in [3.8, 4) is 11.5 Å². The van der Waals surface area contributed by atoms with Crippen molar-refractivity contribution < 1.29 is 23.8 Å². The summed E-state index contributed by atoms with van der Waals surface area (Å²) in [4.78, 5) is 35.0. The number of benzene rings is 1. The molecule has 0 unspecified atom stereocenters. The van der Waals surface area contributed by atoms with Crippen molar-refractivity contribution in [3.63, 3.8) is 0 Å². The monoisotopic (exact) mass is 430 g/mol. The zero-order chi connectivity index (χ0) is 22.5. The van der Waals surface area contributed by atoms with Gasteiger partial charge in [-0.2, -0.15) is 0 Å². The number of carbonyl (C=O) groups is 2. The molecule has 0 aliphatic carbocycles. The van der Waals surface area contributed by atoms with Gasteiger partial charge >= 0.3 is 12.0 Å². The number of aromatic amines is 1. The number of ether oxygens (including phenoxy) is 3. The van der Waals surface area contributed by atoms with Crippen LogP contribution < -0.4 is 14.8 Å². The van der Waals surface area contributed by atoms with E-state index in [-0.39, 0.29) is 11.9 Å². The van der Waals surface area contributed by atoms with Gasteiger partial charge in [0.25, 0.3) is 0 Å². The second kappa shape index (κ2) is 9.72. The summed E-state index contributed by atoms with van der Waals surface area (Å²) in [5.41, 5.74) is 2.54. The van der Waals surface area contributed by atoms with Gasteiger partial charge in [-0.1, -0.05) is 20.3 Å². The van der Waals surface area contributed by atoms with E-state index in [1.807, 2.05) is 26.0 Å². The van der Waals surface area contributed by atoms with Crippen LogP contribution in [0.2, 0.25) is 0 Å². The number of imidazole rings is 1. The number of aromatic nitrogens is 2. The van der Waals surface area contributed by atoms with Crippen molar-refractivity contribution in [2.75, 3.05) is 27.9 Å². The van der Waals surface area contributed by atoms with Crippen LogP contribution >= 0.6 is 0 Å². The van der Waals surface area contributed by atoms with Crippen LogP contribution in [0.4, 0.5) is 4.79 Å². The third-order valence-corrected chi connectivity index (χ3v) is 5.82. The lowest BCUT2D eigenvalue weighted by molar-refractivity contribution is -0.144. The van der Waals surface area contributed by atoms with E-state index < -0.39 is 18.1 Å². The second-order valence-electron chi connectivity index (χ2n) is 7.59. The van der Waals surface area contributed by atoms with Crippen molar-refractivity contribution in [2.24, 2.45) is 5.92 Å². The molecule has 1 aliphatic heterocycles. The van der Waals surface area contributed by atoms with Crippen molar-refractivity contribution in [3.05, 3.63) is 41.5 Å². The average molecular weight is 431 g/mol. The van der Waals surface area contributed by atoms with Crippen LogP contribution in [0.25, 0.3) is 0 Å². The first-order valence-electron chi connectivity index (χ1n) is 10.3. The summed E-state index contributed by atoms with van der Waals surface area (Å²) in [6, 6.07) is 3.96. The molecular weight excluding hydrogens is 400 g/mol. The number of carbonyl (C=O) groups excluding carboxylic acids is 2. The highest BCUT2D eigenvalue weighted by molar-refractivity contribution is 5.84. The largest absolute Gasteiger partial charge is 0.497 e. The van der Waals surface area contributed by atoms with Crippen molar-refractivity contribution in [1.29, 1.82) is 0 Å². The number of fused-ring (bicyclic) bond motifs is 1. The van der Waals surface area contributed by atoms with E-state index in [2.05, 4.69) is 15.3 Å². The van der Waals surface area contributed by atoms with E-state index >= 15 is 0 Å². The van der Waals surface area contributed by atoms with Gasteiger partial charge in [0.1, 0.15) is 23.6 Å². The maximum absolute atomic E-state index is 13.4. The highest BCUT2D eigenvalue weighted by atomic mass is 16.5. The normalized spacial score (nSPS) is 17.3. The molecule has 0 spiro atoms. The van der Waals surface area contributed by atoms with Gasteiger partial charge in [-0.3, -0.25) is 0 Å². The zero-order valence-corrected chi connectivity index (χ0v) is 18.6. The Kier molecular flexibility index (Phi) is 7.04. The lowest BCUT2D eigenvalue weighted by atomic mass is 9.95. The first-order valence-corrected chi connectivity index (χ1v) is 10.3. The lowest BCUT2D eigenvalue weighted by Crippen LogP contribution is -2.53.